The zero-order valence-corrected chi connectivity index (χ0v) is 17.9. The molecule has 166 valence electrons. The lowest BCUT2D eigenvalue weighted by Gasteiger charge is -2.21. The predicted molar refractivity (Wildman–Crippen MR) is 110 cm³/mol. The minimum absolute atomic E-state index is 0.0447. The molecule has 1 aromatic rings. The molecule has 1 atom stereocenters. The van der Waals surface area contributed by atoms with Gasteiger partial charge in [-0.2, -0.15) is 13.2 Å². The van der Waals surface area contributed by atoms with Crippen molar-refractivity contribution in [2.45, 2.75) is 59.3 Å². The van der Waals surface area contributed by atoms with Gasteiger partial charge in [0.15, 0.2) is 12.6 Å². The molecule has 0 aliphatic rings. The molecule has 1 rings (SSSR count). The highest BCUT2D eigenvalue weighted by atomic mass is 19.4. The Morgan fingerprint density at radius 1 is 1.28 bits per heavy atom. The molecule has 2 N–H and O–H groups in total. The van der Waals surface area contributed by atoms with E-state index in [1.807, 2.05) is 6.92 Å². The Bertz CT molecular complexity index is 606. The molecular formula is C20H34F3N5O. The van der Waals surface area contributed by atoms with E-state index >= 15 is 0 Å². The number of hydrogen-bond acceptors (Lipinski definition) is 4. The Morgan fingerprint density at radius 3 is 2.62 bits per heavy atom. The van der Waals surface area contributed by atoms with Crippen LogP contribution in [0.4, 0.5) is 13.2 Å². The fraction of sp³-hybridized carbons (Fsp3) is 0.700. The highest BCUT2D eigenvalue weighted by Gasteiger charge is 2.29. The maximum atomic E-state index is 12.4. The zero-order valence-electron chi connectivity index (χ0n) is 17.9. The second-order valence-corrected chi connectivity index (χ2v) is 6.78. The number of rotatable bonds is 12. The molecule has 0 aromatic carbocycles. The van der Waals surface area contributed by atoms with Crippen LogP contribution < -0.4 is 15.4 Å². The lowest BCUT2D eigenvalue weighted by molar-refractivity contribution is -0.154. The first-order chi connectivity index (χ1) is 13.8. The van der Waals surface area contributed by atoms with Gasteiger partial charge in [-0.05, 0) is 52.4 Å². The van der Waals surface area contributed by atoms with Gasteiger partial charge in [-0.3, -0.25) is 0 Å². The molecule has 1 unspecified atom stereocenters. The van der Waals surface area contributed by atoms with Crippen LogP contribution in [0.2, 0.25) is 0 Å². The molecule has 0 spiro atoms. The number of guanidine groups is 1. The van der Waals surface area contributed by atoms with E-state index in [0.717, 1.165) is 32.5 Å². The second kappa shape index (κ2) is 13.2. The van der Waals surface area contributed by atoms with Crippen molar-refractivity contribution < 1.29 is 17.9 Å². The molecule has 1 aromatic heterocycles. The van der Waals surface area contributed by atoms with Crippen LogP contribution in [0.5, 0.6) is 5.88 Å². The number of aromatic nitrogens is 1. The van der Waals surface area contributed by atoms with Gasteiger partial charge in [0.25, 0.3) is 0 Å². The number of aliphatic imine (C=N–C) groups is 1. The highest BCUT2D eigenvalue weighted by molar-refractivity contribution is 5.80. The Labute approximate surface area is 171 Å². The summed E-state index contributed by atoms with van der Waals surface area (Å²) in [6, 6.07) is 3.54. The Balaban J connectivity index is 2.65. The maximum Gasteiger partial charge on any atom is 0.422 e. The number of pyridine rings is 1. The van der Waals surface area contributed by atoms with Gasteiger partial charge in [-0.25, -0.2) is 9.98 Å². The maximum absolute atomic E-state index is 12.4. The average molecular weight is 418 g/mol. The van der Waals surface area contributed by atoms with Crippen molar-refractivity contribution in [2.75, 3.05) is 32.8 Å². The first kappa shape index (κ1) is 25.0. The van der Waals surface area contributed by atoms with Crippen LogP contribution in [-0.2, 0) is 6.54 Å². The van der Waals surface area contributed by atoms with Gasteiger partial charge in [0.2, 0.25) is 5.88 Å². The van der Waals surface area contributed by atoms with E-state index < -0.39 is 12.8 Å². The topological polar surface area (TPSA) is 61.8 Å². The van der Waals surface area contributed by atoms with Gasteiger partial charge in [0, 0.05) is 24.3 Å². The summed E-state index contributed by atoms with van der Waals surface area (Å²) in [7, 11) is 0. The molecule has 9 heteroatoms. The third kappa shape index (κ3) is 10.9. The van der Waals surface area contributed by atoms with Crippen molar-refractivity contribution in [3.05, 3.63) is 23.9 Å². The molecule has 0 radical (unpaired) electrons. The quantitative estimate of drug-likeness (QED) is 0.402. The monoisotopic (exact) mass is 417 g/mol. The van der Waals surface area contributed by atoms with Crippen LogP contribution in [0, 0.1) is 0 Å². The lowest BCUT2D eigenvalue weighted by atomic mass is 10.2. The van der Waals surface area contributed by atoms with Gasteiger partial charge >= 0.3 is 6.18 Å². The third-order valence-corrected chi connectivity index (χ3v) is 4.36. The average Bonchev–Trinajstić information content (AvgIpc) is 2.68. The summed E-state index contributed by atoms with van der Waals surface area (Å²) in [4.78, 5) is 10.8. The minimum Gasteiger partial charge on any atom is -0.468 e. The van der Waals surface area contributed by atoms with Crippen LogP contribution in [0.1, 0.15) is 46.1 Å². The molecule has 0 amide bonds. The van der Waals surface area contributed by atoms with Crippen molar-refractivity contribution in [3.63, 3.8) is 0 Å². The van der Waals surface area contributed by atoms with Gasteiger partial charge < -0.3 is 20.3 Å². The predicted octanol–water partition coefficient (Wildman–Crippen LogP) is 3.59. The van der Waals surface area contributed by atoms with Gasteiger partial charge in [0.1, 0.15) is 0 Å². The summed E-state index contributed by atoms with van der Waals surface area (Å²) in [6.45, 7) is 11.0. The van der Waals surface area contributed by atoms with Crippen LogP contribution in [0.25, 0.3) is 0 Å². The van der Waals surface area contributed by atoms with Crippen LogP contribution >= 0.6 is 0 Å². The van der Waals surface area contributed by atoms with E-state index in [0.29, 0.717) is 18.1 Å². The van der Waals surface area contributed by atoms with Crippen molar-refractivity contribution >= 4 is 5.96 Å². The molecule has 0 saturated carbocycles. The van der Waals surface area contributed by atoms with Gasteiger partial charge in [-0.1, -0.05) is 19.9 Å². The molecule has 0 aliphatic carbocycles. The number of alkyl halides is 3. The highest BCUT2D eigenvalue weighted by Crippen LogP contribution is 2.20. The number of nitrogens with one attached hydrogen (secondary N) is 2. The van der Waals surface area contributed by atoms with E-state index in [4.69, 9.17) is 4.74 Å². The largest absolute Gasteiger partial charge is 0.468 e. The van der Waals surface area contributed by atoms with Crippen molar-refractivity contribution in [2.24, 2.45) is 4.99 Å². The molecule has 1 heterocycles. The van der Waals surface area contributed by atoms with Crippen LogP contribution in [0.3, 0.4) is 0 Å². The number of hydrogen-bond donors (Lipinski definition) is 2. The second-order valence-electron chi connectivity index (χ2n) is 6.78. The van der Waals surface area contributed by atoms with E-state index in [-0.39, 0.29) is 18.5 Å². The Kier molecular flexibility index (Phi) is 11.4. The van der Waals surface area contributed by atoms with Crippen molar-refractivity contribution in [3.8, 4) is 5.88 Å². The summed E-state index contributed by atoms with van der Waals surface area (Å²) >= 11 is 0. The smallest absolute Gasteiger partial charge is 0.422 e. The fourth-order valence-electron chi connectivity index (χ4n) is 2.78. The summed E-state index contributed by atoms with van der Waals surface area (Å²) in [5.74, 6) is 0.574. The first-order valence-corrected chi connectivity index (χ1v) is 10.2. The summed E-state index contributed by atoms with van der Waals surface area (Å²) < 4.78 is 42.1. The number of halogens is 3. The molecule has 0 aliphatic heterocycles. The van der Waals surface area contributed by atoms with Crippen molar-refractivity contribution in [1.29, 1.82) is 0 Å². The zero-order chi connectivity index (χ0) is 21.7. The van der Waals surface area contributed by atoms with E-state index in [2.05, 4.69) is 46.3 Å². The van der Waals surface area contributed by atoms with Crippen LogP contribution in [-0.4, -0.2) is 60.8 Å². The molecule has 6 nitrogen and oxygen atoms in total. The first-order valence-electron chi connectivity index (χ1n) is 10.2. The standard InChI is InChI=1S/C20H34F3N5O/c1-5-24-19(27-16(4)10-9-13-28(6-2)7-3)26-14-17-11-8-12-25-18(17)29-15-20(21,22)23/h8,11-12,16H,5-7,9-10,13-15H2,1-4H3,(H2,24,26,27). The fourth-order valence-corrected chi connectivity index (χ4v) is 2.78. The molecule has 0 bridgehead atoms. The van der Waals surface area contributed by atoms with Crippen molar-refractivity contribution in [1.82, 2.24) is 20.5 Å². The molecule has 0 saturated heterocycles. The molecule has 29 heavy (non-hydrogen) atoms. The van der Waals surface area contributed by atoms with E-state index in [1.165, 1.54) is 6.20 Å². The molecular weight excluding hydrogens is 383 g/mol. The number of nitrogens with zero attached hydrogens (tertiary/aromatic N) is 3. The van der Waals surface area contributed by atoms with E-state index in [9.17, 15) is 13.2 Å². The summed E-state index contributed by atoms with van der Waals surface area (Å²) in [5.41, 5.74) is 0.503. The van der Waals surface area contributed by atoms with Crippen LogP contribution in [0.15, 0.2) is 23.3 Å². The molecule has 0 fully saturated rings. The Morgan fingerprint density at radius 2 is 2.00 bits per heavy atom. The van der Waals surface area contributed by atoms with Gasteiger partial charge in [0.05, 0.1) is 6.54 Å². The normalized spacial score (nSPS) is 13.4. The lowest BCUT2D eigenvalue weighted by Crippen LogP contribution is -2.42. The summed E-state index contributed by atoms with van der Waals surface area (Å²) in [5, 5.41) is 6.52. The van der Waals surface area contributed by atoms with E-state index in [1.54, 1.807) is 12.1 Å². The Hall–Kier alpha value is -2.03. The van der Waals surface area contributed by atoms with Gasteiger partial charge in [-0.15, -0.1) is 0 Å². The summed E-state index contributed by atoms with van der Waals surface area (Å²) in [6.07, 6.45) is -0.934. The third-order valence-electron chi connectivity index (χ3n) is 4.36. The SMILES string of the molecule is CCNC(=NCc1cccnc1OCC(F)(F)F)NC(C)CCCN(CC)CC. The number of ether oxygens (including phenoxy) is 1. The minimum atomic E-state index is -4.41.